The van der Waals surface area contributed by atoms with Crippen LogP contribution >= 0.6 is 12.6 Å². The SMILES string of the molecule is C=C(C)C(=O)OC(S)CCC. The number of esters is 1. The van der Waals surface area contributed by atoms with E-state index in [2.05, 4.69) is 19.2 Å². The van der Waals surface area contributed by atoms with Crippen LogP contribution in [0.1, 0.15) is 26.7 Å². The molecular weight excluding hydrogens is 160 g/mol. The van der Waals surface area contributed by atoms with Crippen LogP contribution in [0.5, 0.6) is 0 Å². The number of hydrogen-bond donors (Lipinski definition) is 1. The lowest BCUT2D eigenvalue weighted by Gasteiger charge is -2.10. The Morgan fingerprint density at radius 3 is 2.64 bits per heavy atom. The zero-order valence-electron chi connectivity index (χ0n) is 6.96. The summed E-state index contributed by atoms with van der Waals surface area (Å²) in [5, 5.41) is 0. The van der Waals surface area contributed by atoms with Gasteiger partial charge >= 0.3 is 5.97 Å². The maximum Gasteiger partial charge on any atom is 0.334 e. The summed E-state index contributed by atoms with van der Waals surface area (Å²) in [6.07, 6.45) is 1.74. The molecule has 2 nitrogen and oxygen atoms in total. The van der Waals surface area contributed by atoms with Gasteiger partial charge in [-0.2, -0.15) is 0 Å². The van der Waals surface area contributed by atoms with E-state index < -0.39 is 0 Å². The number of hydrogen-bond acceptors (Lipinski definition) is 3. The largest absolute Gasteiger partial charge is 0.448 e. The maximum absolute atomic E-state index is 10.9. The average molecular weight is 174 g/mol. The highest BCUT2D eigenvalue weighted by Gasteiger charge is 2.08. The summed E-state index contributed by atoms with van der Waals surface area (Å²) in [4.78, 5) is 10.9. The fourth-order valence-corrected chi connectivity index (χ4v) is 0.884. The molecule has 0 aliphatic carbocycles. The van der Waals surface area contributed by atoms with Crippen molar-refractivity contribution in [3.8, 4) is 0 Å². The number of carbonyl (C=O) groups excluding carboxylic acids is 1. The van der Waals surface area contributed by atoms with E-state index in [0.717, 1.165) is 12.8 Å². The molecule has 0 N–H and O–H groups in total. The quantitative estimate of drug-likeness (QED) is 0.306. The smallest absolute Gasteiger partial charge is 0.334 e. The third-order valence-electron chi connectivity index (χ3n) is 1.13. The first-order valence-electron chi connectivity index (χ1n) is 3.62. The minimum atomic E-state index is -0.363. The first kappa shape index (κ1) is 10.6. The molecule has 0 aliphatic rings. The van der Waals surface area contributed by atoms with Crippen LogP contribution in [0.3, 0.4) is 0 Å². The Morgan fingerprint density at radius 2 is 2.27 bits per heavy atom. The van der Waals surface area contributed by atoms with Crippen molar-refractivity contribution in [2.24, 2.45) is 0 Å². The molecule has 64 valence electrons. The van der Waals surface area contributed by atoms with Crippen LogP contribution in [0.4, 0.5) is 0 Å². The molecule has 0 saturated heterocycles. The van der Waals surface area contributed by atoms with Crippen molar-refractivity contribution in [2.75, 3.05) is 0 Å². The fraction of sp³-hybridized carbons (Fsp3) is 0.625. The van der Waals surface area contributed by atoms with Crippen LogP contribution in [0.2, 0.25) is 0 Å². The van der Waals surface area contributed by atoms with Gasteiger partial charge in [0.25, 0.3) is 0 Å². The van der Waals surface area contributed by atoms with E-state index in [9.17, 15) is 4.79 Å². The molecule has 0 bridgehead atoms. The highest BCUT2D eigenvalue weighted by Crippen LogP contribution is 2.08. The first-order valence-corrected chi connectivity index (χ1v) is 4.14. The van der Waals surface area contributed by atoms with Crippen LogP contribution < -0.4 is 0 Å². The van der Waals surface area contributed by atoms with Gasteiger partial charge in [-0.25, -0.2) is 4.79 Å². The van der Waals surface area contributed by atoms with Gasteiger partial charge in [-0.05, 0) is 13.3 Å². The predicted molar refractivity (Wildman–Crippen MR) is 48.6 cm³/mol. The molecule has 0 rings (SSSR count). The molecule has 0 fully saturated rings. The summed E-state index contributed by atoms with van der Waals surface area (Å²) in [5.41, 5.74) is 0.129. The molecule has 0 aromatic heterocycles. The zero-order valence-corrected chi connectivity index (χ0v) is 7.86. The lowest BCUT2D eigenvalue weighted by Crippen LogP contribution is -2.12. The molecule has 1 atom stereocenters. The summed E-state index contributed by atoms with van der Waals surface area (Å²) in [7, 11) is 0. The highest BCUT2D eigenvalue weighted by atomic mass is 32.1. The third-order valence-corrected chi connectivity index (χ3v) is 1.49. The second-order valence-corrected chi connectivity index (χ2v) is 3.00. The fourth-order valence-electron chi connectivity index (χ4n) is 0.530. The van der Waals surface area contributed by atoms with Crippen LogP contribution in [-0.2, 0) is 9.53 Å². The van der Waals surface area contributed by atoms with Crippen molar-refractivity contribution in [2.45, 2.75) is 32.1 Å². The Balaban J connectivity index is 3.66. The molecule has 0 spiro atoms. The van der Waals surface area contributed by atoms with Gasteiger partial charge in [0, 0.05) is 5.57 Å². The van der Waals surface area contributed by atoms with Gasteiger partial charge in [0.2, 0.25) is 0 Å². The molecule has 0 radical (unpaired) electrons. The normalized spacial score (nSPS) is 12.3. The Morgan fingerprint density at radius 1 is 1.73 bits per heavy atom. The third kappa shape index (κ3) is 4.90. The minimum Gasteiger partial charge on any atom is -0.448 e. The summed E-state index contributed by atoms with van der Waals surface area (Å²) in [6, 6.07) is 0. The van der Waals surface area contributed by atoms with Crippen molar-refractivity contribution in [1.82, 2.24) is 0 Å². The predicted octanol–water partition coefficient (Wildman–Crippen LogP) is 2.16. The van der Waals surface area contributed by atoms with Crippen LogP contribution in [0.15, 0.2) is 12.2 Å². The Kier molecular flexibility index (Phi) is 5.03. The van der Waals surface area contributed by atoms with E-state index >= 15 is 0 Å². The Hall–Kier alpha value is -0.440. The molecule has 11 heavy (non-hydrogen) atoms. The van der Waals surface area contributed by atoms with Crippen molar-refractivity contribution in [3.63, 3.8) is 0 Å². The molecule has 0 saturated carbocycles. The summed E-state index contributed by atoms with van der Waals surface area (Å²) in [6.45, 7) is 7.09. The molecule has 0 heterocycles. The van der Waals surface area contributed by atoms with Gasteiger partial charge < -0.3 is 4.74 Å². The van der Waals surface area contributed by atoms with Crippen molar-refractivity contribution < 1.29 is 9.53 Å². The number of ether oxygens (including phenoxy) is 1. The Labute approximate surface area is 73.0 Å². The number of carbonyl (C=O) groups is 1. The Bertz CT molecular complexity index is 154. The van der Waals surface area contributed by atoms with Crippen LogP contribution in [0, 0.1) is 0 Å². The van der Waals surface area contributed by atoms with Gasteiger partial charge in [0.1, 0.15) is 5.44 Å². The topological polar surface area (TPSA) is 26.3 Å². The standard InChI is InChI=1S/C8H14O2S/c1-4-5-7(11)10-8(9)6(2)3/h7,11H,2,4-5H2,1,3H3. The van der Waals surface area contributed by atoms with E-state index in [1.807, 2.05) is 6.92 Å². The monoisotopic (exact) mass is 174 g/mol. The van der Waals surface area contributed by atoms with Gasteiger partial charge in [0.15, 0.2) is 0 Å². The molecule has 1 unspecified atom stereocenters. The second kappa shape index (κ2) is 5.24. The van der Waals surface area contributed by atoms with Gasteiger partial charge in [-0.15, -0.1) is 12.6 Å². The van der Waals surface area contributed by atoms with Crippen molar-refractivity contribution in [3.05, 3.63) is 12.2 Å². The van der Waals surface area contributed by atoms with E-state index in [-0.39, 0.29) is 11.4 Å². The molecule has 3 heteroatoms. The van der Waals surface area contributed by atoms with Crippen molar-refractivity contribution in [1.29, 1.82) is 0 Å². The number of rotatable bonds is 4. The summed E-state index contributed by atoms with van der Waals surface area (Å²) >= 11 is 4.06. The van der Waals surface area contributed by atoms with Gasteiger partial charge in [-0.1, -0.05) is 19.9 Å². The highest BCUT2D eigenvalue weighted by molar-refractivity contribution is 7.80. The average Bonchev–Trinajstić information content (AvgIpc) is 1.87. The van der Waals surface area contributed by atoms with E-state index in [1.54, 1.807) is 6.92 Å². The van der Waals surface area contributed by atoms with Gasteiger partial charge in [-0.3, -0.25) is 0 Å². The molecular formula is C8H14O2S. The second-order valence-electron chi connectivity index (χ2n) is 2.43. The molecule has 0 aromatic rings. The zero-order chi connectivity index (χ0) is 8.85. The summed E-state index contributed by atoms with van der Waals surface area (Å²) < 4.78 is 4.88. The first-order chi connectivity index (χ1) is 5.07. The van der Waals surface area contributed by atoms with Crippen LogP contribution in [0.25, 0.3) is 0 Å². The molecule has 0 aliphatic heterocycles. The van der Waals surface area contributed by atoms with E-state index in [4.69, 9.17) is 4.74 Å². The molecule has 0 aromatic carbocycles. The van der Waals surface area contributed by atoms with Gasteiger partial charge in [0.05, 0.1) is 0 Å². The summed E-state index contributed by atoms with van der Waals surface area (Å²) in [5.74, 6) is -0.363. The van der Waals surface area contributed by atoms with E-state index in [0.29, 0.717) is 5.57 Å². The lowest BCUT2D eigenvalue weighted by atomic mass is 10.3. The minimum absolute atomic E-state index is 0.288. The number of thiol groups is 1. The lowest BCUT2D eigenvalue weighted by molar-refractivity contribution is -0.140. The molecule has 0 amide bonds. The maximum atomic E-state index is 10.9. The van der Waals surface area contributed by atoms with E-state index in [1.165, 1.54) is 0 Å². The van der Waals surface area contributed by atoms with Crippen molar-refractivity contribution >= 4 is 18.6 Å². The van der Waals surface area contributed by atoms with Crippen LogP contribution in [-0.4, -0.2) is 11.4 Å².